The quantitative estimate of drug-likeness (QED) is 0.299. The first-order valence-corrected chi connectivity index (χ1v) is 14.6. The number of nitrogens with zero attached hydrogens (tertiary/aromatic N) is 3. The average molecular weight is 472 g/mol. The van der Waals surface area contributed by atoms with Crippen molar-refractivity contribution < 1.29 is 0 Å². The van der Waals surface area contributed by atoms with E-state index in [0.29, 0.717) is 0 Å². The molecule has 2 aromatic carbocycles. The summed E-state index contributed by atoms with van der Waals surface area (Å²) in [5.74, 6) is 0.798. The third kappa shape index (κ3) is 6.48. The lowest BCUT2D eigenvalue weighted by Crippen LogP contribution is -2.30. The van der Waals surface area contributed by atoms with Crippen LogP contribution in [0.2, 0.25) is 0 Å². The van der Waals surface area contributed by atoms with E-state index in [-0.39, 0.29) is 6.04 Å². The molecule has 0 spiro atoms. The van der Waals surface area contributed by atoms with Crippen molar-refractivity contribution in [3.8, 4) is 0 Å². The van der Waals surface area contributed by atoms with Crippen LogP contribution in [0.25, 0.3) is 0 Å². The van der Waals surface area contributed by atoms with Crippen LogP contribution in [-0.4, -0.2) is 32.4 Å². The van der Waals surface area contributed by atoms with Crippen molar-refractivity contribution in [1.29, 1.82) is 0 Å². The molecule has 0 radical (unpaired) electrons. The second-order valence-corrected chi connectivity index (χ2v) is 11.1. The molecule has 188 valence electrons. The maximum Gasteiger partial charge on any atom is 0.0771 e. The summed E-state index contributed by atoms with van der Waals surface area (Å²) in [5, 5.41) is 0. The van der Waals surface area contributed by atoms with Crippen molar-refractivity contribution >= 4 is 17.6 Å². The molecule has 0 amide bonds. The van der Waals surface area contributed by atoms with E-state index in [1.54, 1.807) is 0 Å². The van der Waals surface area contributed by atoms with Crippen molar-refractivity contribution in [2.45, 2.75) is 89.5 Å². The Kier molecular flexibility index (Phi) is 8.79. The minimum Gasteiger partial charge on any atom is -0.371 e. The predicted octanol–water partition coefficient (Wildman–Crippen LogP) is 8.19. The molecule has 3 heteroatoms. The highest BCUT2D eigenvalue weighted by atomic mass is 15.1. The molecule has 2 aromatic rings. The van der Waals surface area contributed by atoms with Crippen molar-refractivity contribution in [2.24, 2.45) is 10.9 Å². The van der Waals surface area contributed by atoms with Gasteiger partial charge in [-0.1, -0.05) is 74.9 Å². The molecule has 2 aliphatic heterocycles. The third-order valence-corrected chi connectivity index (χ3v) is 8.55. The topological polar surface area (TPSA) is 18.8 Å². The molecule has 0 aromatic heterocycles. The van der Waals surface area contributed by atoms with Crippen LogP contribution < -0.4 is 9.80 Å². The first kappa shape index (κ1) is 24.4. The van der Waals surface area contributed by atoms with E-state index in [0.717, 1.165) is 5.92 Å². The molecule has 3 nitrogen and oxygen atoms in total. The fourth-order valence-corrected chi connectivity index (χ4v) is 6.57. The van der Waals surface area contributed by atoms with Gasteiger partial charge in [-0.05, 0) is 68.6 Å². The van der Waals surface area contributed by atoms with Gasteiger partial charge in [0.15, 0.2) is 0 Å². The number of hydrogen-bond acceptors (Lipinski definition) is 3. The lowest BCUT2D eigenvalue weighted by Gasteiger charge is -2.32. The van der Waals surface area contributed by atoms with Gasteiger partial charge in [-0.2, -0.15) is 0 Å². The Labute approximate surface area is 213 Å². The Balaban J connectivity index is 1.44. The number of hydrogen-bond donors (Lipinski definition) is 0. The van der Waals surface area contributed by atoms with Gasteiger partial charge in [0.25, 0.3) is 0 Å². The molecule has 1 atom stereocenters. The molecule has 0 bridgehead atoms. The molecule has 1 aliphatic carbocycles. The summed E-state index contributed by atoms with van der Waals surface area (Å²) < 4.78 is 0. The summed E-state index contributed by atoms with van der Waals surface area (Å²) in [6.45, 7) is 4.73. The summed E-state index contributed by atoms with van der Waals surface area (Å²) in [6.07, 6.45) is 19.8. The van der Waals surface area contributed by atoms with Crippen LogP contribution in [0, 0.1) is 5.92 Å². The zero-order chi connectivity index (χ0) is 23.7. The maximum atomic E-state index is 5.42. The van der Waals surface area contributed by atoms with Crippen LogP contribution in [0.1, 0.15) is 101 Å². The Morgan fingerprint density at radius 3 is 1.89 bits per heavy atom. The molecule has 3 fully saturated rings. The molecular formula is C32H45N3. The number of para-hydroxylation sites is 2. The number of piperidine rings is 2. The van der Waals surface area contributed by atoms with Crippen molar-refractivity contribution in [1.82, 2.24) is 0 Å². The van der Waals surface area contributed by atoms with E-state index in [9.17, 15) is 0 Å². The zero-order valence-corrected chi connectivity index (χ0v) is 21.7. The van der Waals surface area contributed by atoms with Crippen molar-refractivity contribution in [3.63, 3.8) is 0 Å². The smallest absolute Gasteiger partial charge is 0.0771 e. The predicted molar refractivity (Wildman–Crippen MR) is 151 cm³/mol. The third-order valence-electron chi connectivity index (χ3n) is 8.55. The SMILES string of the molecule is C(=NC(CC1CCCCCC1)c1ccccc1N1CCCCC1)c1ccccc1N1CCCCC1. The monoisotopic (exact) mass is 471 g/mol. The number of aliphatic imine (C=N–C) groups is 1. The first-order chi connectivity index (χ1) is 17.4. The van der Waals surface area contributed by atoms with E-state index in [1.807, 2.05) is 0 Å². The van der Waals surface area contributed by atoms with Gasteiger partial charge in [0.1, 0.15) is 0 Å². The molecule has 0 N–H and O–H groups in total. The summed E-state index contributed by atoms with van der Waals surface area (Å²) >= 11 is 0. The zero-order valence-electron chi connectivity index (χ0n) is 21.7. The van der Waals surface area contributed by atoms with E-state index >= 15 is 0 Å². The average Bonchev–Trinajstić information content (AvgIpc) is 3.21. The summed E-state index contributed by atoms with van der Waals surface area (Å²) in [7, 11) is 0. The minimum atomic E-state index is 0.241. The van der Waals surface area contributed by atoms with E-state index in [1.165, 1.54) is 132 Å². The number of benzene rings is 2. The van der Waals surface area contributed by atoms with Gasteiger partial charge < -0.3 is 9.80 Å². The lowest BCUT2D eigenvalue weighted by molar-refractivity contribution is 0.394. The number of anilines is 2. The Morgan fingerprint density at radius 1 is 0.657 bits per heavy atom. The maximum absolute atomic E-state index is 5.42. The van der Waals surface area contributed by atoms with Gasteiger partial charge in [0.2, 0.25) is 0 Å². The Hall–Kier alpha value is -2.29. The van der Waals surface area contributed by atoms with Crippen LogP contribution in [0.4, 0.5) is 11.4 Å². The van der Waals surface area contributed by atoms with Gasteiger partial charge in [0, 0.05) is 49.3 Å². The fraction of sp³-hybridized carbons (Fsp3) is 0.594. The highest BCUT2D eigenvalue weighted by Crippen LogP contribution is 2.38. The lowest BCUT2D eigenvalue weighted by atomic mass is 9.88. The Bertz CT molecular complexity index is 931. The largest absolute Gasteiger partial charge is 0.371 e. The van der Waals surface area contributed by atoms with Crippen molar-refractivity contribution in [2.75, 3.05) is 36.0 Å². The second kappa shape index (κ2) is 12.6. The molecule has 2 saturated heterocycles. The van der Waals surface area contributed by atoms with E-state index in [2.05, 4.69) is 64.5 Å². The highest BCUT2D eigenvalue weighted by molar-refractivity contribution is 5.88. The number of rotatable bonds is 7. The van der Waals surface area contributed by atoms with Crippen molar-refractivity contribution in [3.05, 3.63) is 59.7 Å². The van der Waals surface area contributed by atoms with Gasteiger partial charge >= 0.3 is 0 Å². The van der Waals surface area contributed by atoms with Gasteiger partial charge in [0.05, 0.1) is 6.04 Å². The van der Waals surface area contributed by atoms with Crippen LogP contribution in [0.3, 0.4) is 0 Å². The van der Waals surface area contributed by atoms with Crippen LogP contribution in [0.15, 0.2) is 53.5 Å². The second-order valence-electron chi connectivity index (χ2n) is 11.1. The summed E-state index contributed by atoms with van der Waals surface area (Å²) in [4.78, 5) is 10.6. The van der Waals surface area contributed by atoms with Gasteiger partial charge in [-0.15, -0.1) is 0 Å². The molecule has 1 saturated carbocycles. The first-order valence-electron chi connectivity index (χ1n) is 14.6. The van der Waals surface area contributed by atoms with E-state index in [4.69, 9.17) is 4.99 Å². The molecule has 35 heavy (non-hydrogen) atoms. The molecule has 2 heterocycles. The fourth-order valence-electron chi connectivity index (χ4n) is 6.57. The van der Waals surface area contributed by atoms with Gasteiger partial charge in [-0.25, -0.2) is 0 Å². The summed E-state index contributed by atoms with van der Waals surface area (Å²) in [5.41, 5.74) is 5.54. The van der Waals surface area contributed by atoms with Crippen LogP contribution in [0.5, 0.6) is 0 Å². The van der Waals surface area contributed by atoms with Crippen LogP contribution in [-0.2, 0) is 0 Å². The molecular weight excluding hydrogens is 426 g/mol. The van der Waals surface area contributed by atoms with Crippen LogP contribution >= 0.6 is 0 Å². The highest BCUT2D eigenvalue weighted by Gasteiger charge is 2.24. The van der Waals surface area contributed by atoms with Gasteiger partial charge in [-0.3, -0.25) is 4.99 Å². The minimum absolute atomic E-state index is 0.241. The molecule has 3 aliphatic rings. The Morgan fingerprint density at radius 2 is 1.20 bits per heavy atom. The molecule has 1 unspecified atom stereocenters. The molecule has 5 rings (SSSR count). The normalized spacial score (nSPS) is 21.3. The summed E-state index contributed by atoms with van der Waals surface area (Å²) in [6, 6.07) is 18.4. The standard InChI is InChI=1S/C32H45N3/c1-2-6-16-27(15-5-1)25-30(29-18-8-10-20-32(29)35-23-13-4-14-24-35)33-26-28-17-7-9-19-31(28)34-21-11-3-12-22-34/h7-10,17-20,26-27,30H,1-6,11-16,21-25H2. The van der Waals surface area contributed by atoms with E-state index < -0.39 is 0 Å².